The third-order valence-electron chi connectivity index (χ3n) is 5.31. The van der Waals surface area contributed by atoms with E-state index in [0.717, 1.165) is 11.1 Å². The summed E-state index contributed by atoms with van der Waals surface area (Å²) in [7, 11) is 1.82. The van der Waals surface area contributed by atoms with Gasteiger partial charge in [-0.3, -0.25) is 9.59 Å². The highest BCUT2D eigenvalue weighted by molar-refractivity contribution is 7.98. The van der Waals surface area contributed by atoms with Crippen molar-refractivity contribution in [3.8, 4) is 11.5 Å². The van der Waals surface area contributed by atoms with Gasteiger partial charge in [0.1, 0.15) is 5.82 Å². The molecule has 7 nitrogen and oxygen atoms in total. The number of hydrogen-bond donors (Lipinski definition) is 1. The molecule has 1 N–H and O–H groups in total. The largest absolute Gasteiger partial charge is 0.454 e. The van der Waals surface area contributed by atoms with Crippen molar-refractivity contribution in [2.24, 2.45) is 7.05 Å². The molecule has 0 spiro atoms. The number of anilines is 1. The molecular weight excluding hydrogens is 402 g/mol. The Bertz CT molecular complexity index is 1190. The van der Waals surface area contributed by atoms with Crippen molar-refractivity contribution in [2.75, 3.05) is 12.1 Å². The molecule has 3 aromatic rings. The van der Waals surface area contributed by atoms with Gasteiger partial charge in [0.05, 0.1) is 5.56 Å². The summed E-state index contributed by atoms with van der Waals surface area (Å²) in [6, 6.07) is 15.5. The van der Waals surface area contributed by atoms with Crippen molar-refractivity contribution < 1.29 is 14.3 Å². The number of benzene rings is 2. The number of fused-ring (bicyclic) bond motifs is 2. The highest BCUT2D eigenvalue weighted by Crippen LogP contribution is 2.40. The molecule has 1 amide bonds. The first-order valence-corrected chi connectivity index (χ1v) is 10.6. The summed E-state index contributed by atoms with van der Waals surface area (Å²) in [4.78, 5) is 29.9. The van der Waals surface area contributed by atoms with Crippen LogP contribution in [0.25, 0.3) is 0 Å². The molecule has 8 heteroatoms. The molecule has 0 bridgehead atoms. The monoisotopic (exact) mass is 421 g/mol. The minimum Gasteiger partial charge on any atom is -0.454 e. The first-order chi connectivity index (χ1) is 14.6. The first-order valence-electron chi connectivity index (χ1n) is 9.57. The van der Waals surface area contributed by atoms with E-state index in [0.29, 0.717) is 33.8 Å². The second kappa shape index (κ2) is 7.53. The maximum absolute atomic E-state index is 13.0. The molecule has 3 heterocycles. The van der Waals surface area contributed by atoms with Crippen molar-refractivity contribution in [3.05, 3.63) is 75.6 Å². The van der Waals surface area contributed by atoms with Crippen LogP contribution in [0.1, 0.15) is 29.0 Å². The molecule has 1 unspecified atom stereocenters. The number of nitrogens with zero attached hydrogens (tertiary/aromatic N) is 2. The Morgan fingerprint density at radius 2 is 1.93 bits per heavy atom. The smallest absolute Gasteiger partial charge is 0.279 e. The van der Waals surface area contributed by atoms with Crippen LogP contribution in [0.5, 0.6) is 11.5 Å². The van der Waals surface area contributed by atoms with E-state index < -0.39 is 0 Å². The number of carbonyl (C=O) groups is 1. The van der Waals surface area contributed by atoms with Crippen molar-refractivity contribution in [3.63, 3.8) is 0 Å². The molecule has 2 aliphatic rings. The van der Waals surface area contributed by atoms with E-state index in [-0.39, 0.29) is 30.6 Å². The lowest BCUT2D eigenvalue weighted by atomic mass is 9.86. The molecule has 0 saturated carbocycles. The van der Waals surface area contributed by atoms with E-state index in [1.165, 1.54) is 11.8 Å². The summed E-state index contributed by atoms with van der Waals surface area (Å²) in [6.07, 6.45) is 0.181. The van der Waals surface area contributed by atoms with Gasteiger partial charge in [0.25, 0.3) is 5.56 Å². The van der Waals surface area contributed by atoms with E-state index in [4.69, 9.17) is 9.47 Å². The molecule has 1 aromatic heterocycles. The van der Waals surface area contributed by atoms with Crippen LogP contribution >= 0.6 is 11.8 Å². The predicted molar refractivity (Wildman–Crippen MR) is 113 cm³/mol. The molecule has 30 heavy (non-hydrogen) atoms. The molecule has 152 valence electrons. The van der Waals surface area contributed by atoms with E-state index in [1.54, 1.807) is 4.57 Å². The van der Waals surface area contributed by atoms with Gasteiger partial charge in [0.2, 0.25) is 12.7 Å². The fraction of sp³-hybridized carbons (Fsp3) is 0.227. The summed E-state index contributed by atoms with van der Waals surface area (Å²) in [5.41, 5.74) is 2.15. The maximum Gasteiger partial charge on any atom is 0.279 e. The van der Waals surface area contributed by atoms with Crippen LogP contribution < -0.4 is 20.3 Å². The van der Waals surface area contributed by atoms with E-state index in [9.17, 15) is 9.59 Å². The Morgan fingerprint density at radius 3 is 2.77 bits per heavy atom. The number of thioether (sulfide) groups is 1. The zero-order chi connectivity index (χ0) is 20.7. The number of aromatic nitrogens is 2. The summed E-state index contributed by atoms with van der Waals surface area (Å²) in [6.45, 7) is 0.172. The average Bonchev–Trinajstić information content (AvgIpc) is 3.23. The quantitative estimate of drug-likeness (QED) is 0.514. The van der Waals surface area contributed by atoms with Gasteiger partial charge in [-0.1, -0.05) is 48.2 Å². The van der Waals surface area contributed by atoms with Crippen LogP contribution in [0, 0.1) is 0 Å². The van der Waals surface area contributed by atoms with Gasteiger partial charge >= 0.3 is 0 Å². The average molecular weight is 421 g/mol. The van der Waals surface area contributed by atoms with Crippen LogP contribution in [-0.4, -0.2) is 22.3 Å². The molecule has 2 aromatic carbocycles. The van der Waals surface area contributed by atoms with Gasteiger partial charge in [-0.2, -0.15) is 4.98 Å². The first kappa shape index (κ1) is 18.7. The number of hydrogen-bond acceptors (Lipinski definition) is 6. The van der Waals surface area contributed by atoms with Crippen molar-refractivity contribution >= 4 is 23.5 Å². The summed E-state index contributed by atoms with van der Waals surface area (Å²) in [5.74, 6) is 1.95. The third kappa shape index (κ3) is 3.33. The number of rotatable bonds is 4. The minimum absolute atomic E-state index is 0.134. The zero-order valence-electron chi connectivity index (χ0n) is 16.3. The standard InChI is InChI=1S/C22H19N3O4S/c1-25-20-19(21(27)24-22(25)30-11-13-5-3-2-4-6-13)15(10-18(26)23-20)14-7-8-16-17(9-14)29-12-28-16/h2-9,15H,10-12H2,1H3,(H,23,26). The molecular formula is C22H19N3O4S. The number of carbonyl (C=O) groups excluding carboxylic acids is 1. The van der Waals surface area contributed by atoms with Crippen LogP contribution in [0.15, 0.2) is 58.5 Å². The van der Waals surface area contributed by atoms with Gasteiger partial charge in [-0.25, -0.2) is 0 Å². The van der Waals surface area contributed by atoms with Crippen molar-refractivity contribution in [2.45, 2.75) is 23.2 Å². The lowest BCUT2D eigenvalue weighted by molar-refractivity contribution is -0.116. The van der Waals surface area contributed by atoms with E-state index in [2.05, 4.69) is 10.3 Å². The topological polar surface area (TPSA) is 82.5 Å². The SMILES string of the molecule is Cn1c(SCc2ccccc2)nc(=O)c2c1NC(=O)CC2c1ccc2c(c1)OCO2. The van der Waals surface area contributed by atoms with Gasteiger partial charge in [-0.15, -0.1) is 0 Å². The van der Waals surface area contributed by atoms with Crippen molar-refractivity contribution in [1.29, 1.82) is 0 Å². The summed E-state index contributed by atoms with van der Waals surface area (Å²) in [5, 5.41) is 3.44. The number of amides is 1. The van der Waals surface area contributed by atoms with E-state index in [1.807, 2.05) is 55.6 Å². The van der Waals surface area contributed by atoms with Crippen LogP contribution in [0.4, 0.5) is 5.82 Å². The lowest BCUT2D eigenvalue weighted by Gasteiger charge is -2.27. The van der Waals surface area contributed by atoms with Gasteiger partial charge in [-0.05, 0) is 23.3 Å². The lowest BCUT2D eigenvalue weighted by Crippen LogP contribution is -2.33. The van der Waals surface area contributed by atoms with Crippen molar-refractivity contribution in [1.82, 2.24) is 9.55 Å². The predicted octanol–water partition coefficient (Wildman–Crippen LogP) is 3.28. The second-order valence-electron chi connectivity index (χ2n) is 7.21. The Labute approximate surface area is 177 Å². The molecule has 2 aliphatic heterocycles. The zero-order valence-corrected chi connectivity index (χ0v) is 17.1. The molecule has 5 rings (SSSR count). The Balaban J connectivity index is 1.52. The van der Waals surface area contributed by atoms with Crippen LogP contribution in [0.2, 0.25) is 0 Å². The number of nitrogens with one attached hydrogen (secondary N) is 1. The third-order valence-corrected chi connectivity index (χ3v) is 6.41. The fourth-order valence-corrected chi connectivity index (χ4v) is 4.72. The summed E-state index contributed by atoms with van der Waals surface area (Å²) < 4.78 is 12.6. The van der Waals surface area contributed by atoms with Crippen LogP contribution in [-0.2, 0) is 17.6 Å². The normalized spacial score (nSPS) is 16.8. The van der Waals surface area contributed by atoms with E-state index >= 15 is 0 Å². The highest BCUT2D eigenvalue weighted by atomic mass is 32.2. The van der Waals surface area contributed by atoms with Gasteiger partial charge in [0.15, 0.2) is 16.7 Å². The maximum atomic E-state index is 13.0. The molecule has 0 aliphatic carbocycles. The summed E-state index contributed by atoms with van der Waals surface area (Å²) >= 11 is 1.47. The molecule has 0 saturated heterocycles. The number of ether oxygens (including phenoxy) is 2. The molecule has 0 radical (unpaired) electrons. The minimum atomic E-state index is -0.386. The van der Waals surface area contributed by atoms with Gasteiger partial charge < -0.3 is 19.4 Å². The van der Waals surface area contributed by atoms with Gasteiger partial charge in [0, 0.05) is 25.1 Å². The Hall–Kier alpha value is -3.26. The molecule has 1 atom stereocenters. The fourth-order valence-electron chi connectivity index (χ4n) is 3.80. The molecule has 0 fully saturated rings. The second-order valence-corrected chi connectivity index (χ2v) is 8.16. The Morgan fingerprint density at radius 1 is 1.13 bits per heavy atom. The Kier molecular flexibility index (Phi) is 4.71. The highest BCUT2D eigenvalue weighted by Gasteiger charge is 2.33. The van der Waals surface area contributed by atoms with Crippen LogP contribution in [0.3, 0.4) is 0 Å².